The number of aromatic nitrogens is 3. The molecule has 1 unspecified atom stereocenters. The Bertz CT molecular complexity index is 1730. The fraction of sp³-hybridized carbons (Fsp3) is 0.375. The summed E-state index contributed by atoms with van der Waals surface area (Å²) in [6.07, 6.45) is -1.48. The van der Waals surface area contributed by atoms with E-state index in [0.717, 1.165) is 25.1 Å². The molecule has 2 aromatic heterocycles. The zero-order valence-corrected chi connectivity index (χ0v) is 25.9. The Labute approximate surface area is 267 Å². The summed E-state index contributed by atoms with van der Waals surface area (Å²) in [5.74, 6) is -2.91. The lowest BCUT2D eigenvalue weighted by atomic mass is 10.0. The lowest BCUT2D eigenvalue weighted by molar-refractivity contribution is -0.151. The summed E-state index contributed by atoms with van der Waals surface area (Å²) in [4.78, 5) is 22.8. The first-order valence-corrected chi connectivity index (χ1v) is 14.9. The molecule has 0 radical (unpaired) electrons. The number of rotatable bonds is 13. The summed E-state index contributed by atoms with van der Waals surface area (Å²) >= 11 is 0. The number of carbonyl (C=O) groups is 1. The minimum atomic E-state index is -4.74. The molecule has 1 atom stereocenters. The van der Waals surface area contributed by atoms with Crippen molar-refractivity contribution in [1.29, 1.82) is 0 Å². The predicted molar refractivity (Wildman–Crippen MR) is 161 cm³/mol. The van der Waals surface area contributed by atoms with Gasteiger partial charge in [0.15, 0.2) is 17.4 Å². The predicted octanol–water partition coefficient (Wildman–Crippen LogP) is 6.59. The SMILES string of the molecule is CCCOc1ccc(-c2cc(C(C(=O)OCCCCN(C)C)N3Cc4[nH]c(-c5cccc(F)c5F)nc4C=N3)on2)c(C(F)(F)F)c1. The molecule has 0 fully saturated rings. The maximum absolute atomic E-state index is 14.5. The maximum Gasteiger partial charge on any atom is 0.417 e. The van der Waals surface area contributed by atoms with Crippen LogP contribution in [0.25, 0.3) is 22.6 Å². The quantitative estimate of drug-likeness (QED) is 0.0972. The van der Waals surface area contributed by atoms with Gasteiger partial charge in [-0.15, -0.1) is 0 Å². The highest BCUT2D eigenvalue weighted by molar-refractivity contribution is 5.82. The number of unbranched alkanes of at least 4 members (excludes halogenated alkanes) is 1. The summed E-state index contributed by atoms with van der Waals surface area (Å²) < 4.78 is 87.1. The number of carbonyl (C=O) groups excluding carboxylic acids is 1. The van der Waals surface area contributed by atoms with Crippen molar-refractivity contribution in [1.82, 2.24) is 25.0 Å². The Balaban J connectivity index is 1.45. The highest BCUT2D eigenvalue weighted by Crippen LogP contribution is 2.40. The average Bonchev–Trinajstić information content (AvgIpc) is 3.68. The van der Waals surface area contributed by atoms with Crippen molar-refractivity contribution >= 4 is 12.2 Å². The third-order valence-electron chi connectivity index (χ3n) is 7.27. The van der Waals surface area contributed by atoms with Crippen LogP contribution >= 0.6 is 0 Å². The van der Waals surface area contributed by atoms with Gasteiger partial charge in [0.1, 0.15) is 23.0 Å². The Hall–Kier alpha value is -4.79. The topological polar surface area (TPSA) is 109 Å². The molecule has 15 heteroatoms. The van der Waals surface area contributed by atoms with Gasteiger partial charge in [-0.2, -0.15) is 18.3 Å². The number of hydrazone groups is 1. The lowest BCUT2D eigenvalue weighted by Crippen LogP contribution is -2.33. The first-order chi connectivity index (χ1) is 22.5. The Morgan fingerprint density at radius 3 is 2.66 bits per heavy atom. The van der Waals surface area contributed by atoms with E-state index in [9.17, 15) is 26.7 Å². The number of H-pyrrole nitrogens is 1. The number of ether oxygens (including phenoxy) is 2. The first-order valence-electron chi connectivity index (χ1n) is 14.9. The molecule has 1 aliphatic rings. The van der Waals surface area contributed by atoms with Gasteiger partial charge >= 0.3 is 12.1 Å². The van der Waals surface area contributed by atoms with Crippen LogP contribution in [-0.4, -0.2) is 71.1 Å². The van der Waals surface area contributed by atoms with Crippen LogP contribution in [0.3, 0.4) is 0 Å². The molecule has 0 aliphatic carbocycles. The third kappa shape index (κ3) is 7.79. The number of halogens is 5. The zero-order valence-electron chi connectivity index (χ0n) is 25.9. The van der Waals surface area contributed by atoms with Crippen molar-refractivity contribution in [2.45, 2.75) is 44.9 Å². The number of aromatic amines is 1. The fourth-order valence-corrected chi connectivity index (χ4v) is 4.96. The van der Waals surface area contributed by atoms with Gasteiger partial charge in [-0.05, 0) is 70.2 Å². The molecular weight excluding hydrogens is 627 g/mol. The number of alkyl halides is 3. The molecule has 1 aliphatic heterocycles. The minimum Gasteiger partial charge on any atom is -0.494 e. The van der Waals surface area contributed by atoms with Gasteiger partial charge in [-0.25, -0.2) is 18.6 Å². The zero-order chi connectivity index (χ0) is 33.7. The van der Waals surface area contributed by atoms with E-state index in [1.807, 2.05) is 25.9 Å². The number of esters is 1. The summed E-state index contributed by atoms with van der Waals surface area (Å²) in [7, 11) is 3.84. The number of nitrogens with one attached hydrogen (secondary N) is 1. The van der Waals surface area contributed by atoms with Crippen LogP contribution in [0.2, 0.25) is 0 Å². The number of nitrogens with zero attached hydrogens (tertiary/aromatic N) is 5. The van der Waals surface area contributed by atoms with E-state index in [4.69, 9.17) is 14.0 Å². The first kappa shape index (κ1) is 33.6. The van der Waals surface area contributed by atoms with Gasteiger partial charge in [-0.3, -0.25) is 5.01 Å². The molecule has 3 heterocycles. The fourth-order valence-electron chi connectivity index (χ4n) is 4.96. The standard InChI is InChI=1S/C32H33F5N6O4/c1-4-13-45-19-10-11-20(22(15-19)32(35,36)37)24-16-27(47-41-24)29(31(44)46-14-6-5-12-42(2)3)43-18-26-25(17-38-43)39-30(40-26)21-8-7-9-23(33)28(21)34/h7-11,15-17,29H,4-6,12-14,18H2,1-3H3,(H,39,40). The van der Waals surface area contributed by atoms with Crippen molar-refractivity contribution in [3.05, 3.63) is 76.8 Å². The summed E-state index contributed by atoms with van der Waals surface area (Å²) in [5, 5.41) is 9.51. The molecule has 47 heavy (non-hydrogen) atoms. The molecule has 1 N–H and O–H groups in total. The third-order valence-corrected chi connectivity index (χ3v) is 7.27. The van der Waals surface area contributed by atoms with Crippen molar-refractivity contribution < 1.29 is 40.7 Å². The van der Waals surface area contributed by atoms with E-state index in [1.54, 1.807) is 0 Å². The molecule has 10 nitrogen and oxygen atoms in total. The number of hydrogen-bond donors (Lipinski definition) is 1. The molecule has 0 saturated carbocycles. The summed E-state index contributed by atoms with van der Waals surface area (Å²) in [6, 6.07) is 7.11. The monoisotopic (exact) mass is 660 g/mol. The van der Waals surface area contributed by atoms with Crippen molar-refractivity contribution in [3.63, 3.8) is 0 Å². The Morgan fingerprint density at radius 1 is 1.11 bits per heavy atom. The van der Waals surface area contributed by atoms with Crippen LogP contribution in [0, 0.1) is 11.6 Å². The second kappa shape index (κ2) is 14.3. The van der Waals surface area contributed by atoms with Gasteiger partial charge < -0.3 is 23.9 Å². The van der Waals surface area contributed by atoms with Crippen LogP contribution in [0.4, 0.5) is 22.0 Å². The average molecular weight is 661 g/mol. The smallest absolute Gasteiger partial charge is 0.417 e. The molecule has 2 aromatic carbocycles. The highest BCUT2D eigenvalue weighted by atomic mass is 19.4. The lowest BCUT2D eigenvalue weighted by Gasteiger charge is -2.27. The highest BCUT2D eigenvalue weighted by Gasteiger charge is 2.38. The van der Waals surface area contributed by atoms with Gasteiger partial charge in [0, 0.05) is 11.6 Å². The molecule has 250 valence electrons. The molecule has 0 saturated heterocycles. The van der Waals surface area contributed by atoms with Crippen LogP contribution in [0.5, 0.6) is 5.75 Å². The largest absolute Gasteiger partial charge is 0.494 e. The van der Waals surface area contributed by atoms with E-state index in [-0.39, 0.29) is 53.9 Å². The van der Waals surface area contributed by atoms with E-state index < -0.39 is 35.4 Å². The van der Waals surface area contributed by atoms with E-state index >= 15 is 0 Å². The van der Waals surface area contributed by atoms with Crippen molar-refractivity contribution in [2.75, 3.05) is 33.9 Å². The number of imidazole rings is 1. The normalized spacial score (nSPS) is 13.6. The Kier molecular flexibility index (Phi) is 10.2. The second-order valence-electron chi connectivity index (χ2n) is 11.1. The molecule has 0 spiro atoms. The van der Waals surface area contributed by atoms with E-state index in [1.165, 1.54) is 41.6 Å². The summed E-state index contributed by atoms with van der Waals surface area (Å²) in [5.41, 5.74) is -0.767. The van der Waals surface area contributed by atoms with Crippen LogP contribution in [0.1, 0.15) is 54.9 Å². The molecule has 0 bridgehead atoms. The minimum absolute atomic E-state index is 0.0494. The number of hydrogen-bond acceptors (Lipinski definition) is 9. The second-order valence-corrected chi connectivity index (χ2v) is 11.1. The molecule has 5 rings (SSSR count). The molecular formula is C32H33F5N6O4. The molecule has 0 amide bonds. The van der Waals surface area contributed by atoms with Crippen molar-refractivity contribution in [2.24, 2.45) is 5.10 Å². The van der Waals surface area contributed by atoms with Gasteiger partial charge in [0.25, 0.3) is 0 Å². The van der Waals surface area contributed by atoms with Crippen LogP contribution in [0.15, 0.2) is 52.1 Å². The number of benzene rings is 2. The van der Waals surface area contributed by atoms with Crippen molar-refractivity contribution in [3.8, 4) is 28.4 Å². The van der Waals surface area contributed by atoms with Crippen LogP contribution in [-0.2, 0) is 22.3 Å². The summed E-state index contributed by atoms with van der Waals surface area (Å²) in [6.45, 7) is 2.87. The number of fused-ring (bicyclic) bond motifs is 1. The van der Waals surface area contributed by atoms with E-state index in [2.05, 4.69) is 20.2 Å². The van der Waals surface area contributed by atoms with Gasteiger partial charge in [0.2, 0.25) is 6.04 Å². The van der Waals surface area contributed by atoms with E-state index in [0.29, 0.717) is 24.2 Å². The maximum atomic E-state index is 14.5. The van der Waals surface area contributed by atoms with Crippen LogP contribution < -0.4 is 4.74 Å². The van der Waals surface area contributed by atoms with Gasteiger partial charge in [-0.1, -0.05) is 18.1 Å². The Morgan fingerprint density at radius 2 is 1.91 bits per heavy atom. The molecule has 4 aromatic rings. The van der Waals surface area contributed by atoms with Gasteiger partial charge in [0.05, 0.1) is 42.8 Å².